The lowest BCUT2D eigenvalue weighted by Crippen LogP contribution is -2.35. The summed E-state index contributed by atoms with van der Waals surface area (Å²) in [6.07, 6.45) is 0.915. The number of pyridine rings is 1. The van der Waals surface area contributed by atoms with Crippen molar-refractivity contribution in [3.8, 4) is 0 Å². The first-order chi connectivity index (χ1) is 15.0. The fourth-order valence-corrected chi connectivity index (χ4v) is 4.22. The van der Waals surface area contributed by atoms with Crippen LogP contribution >= 0.6 is 22.9 Å². The van der Waals surface area contributed by atoms with Crippen molar-refractivity contribution < 1.29 is 4.79 Å². The van der Waals surface area contributed by atoms with Gasteiger partial charge in [-0.25, -0.2) is 4.79 Å². The molecule has 2 amide bonds. The fraction of sp³-hybridized carbons (Fsp3) is 0.167. The molecule has 0 bridgehead atoms. The van der Waals surface area contributed by atoms with E-state index in [0.717, 1.165) is 22.2 Å². The number of benzene rings is 2. The van der Waals surface area contributed by atoms with E-state index < -0.39 is 0 Å². The highest BCUT2D eigenvalue weighted by Crippen LogP contribution is 2.19. The molecule has 2 N–H and O–H groups in total. The molecule has 0 saturated heterocycles. The zero-order valence-corrected chi connectivity index (χ0v) is 18.6. The van der Waals surface area contributed by atoms with Crippen molar-refractivity contribution in [2.45, 2.75) is 26.4 Å². The van der Waals surface area contributed by atoms with Crippen LogP contribution in [-0.2, 0) is 19.5 Å². The van der Waals surface area contributed by atoms with E-state index in [0.29, 0.717) is 22.8 Å². The van der Waals surface area contributed by atoms with Gasteiger partial charge in [-0.3, -0.25) is 4.79 Å². The van der Waals surface area contributed by atoms with Gasteiger partial charge in [0.15, 0.2) is 0 Å². The molecule has 0 atom stereocenters. The summed E-state index contributed by atoms with van der Waals surface area (Å²) in [5.74, 6) is 0. The number of fused-ring (bicyclic) bond motifs is 1. The van der Waals surface area contributed by atoms with Crippen molar-refractivity contribution in [1.82, 2.24) is 9.88 Å². The van der Waals surface area contributed by atoms with Gasteiger partial charge < -0.3 is 15.2 Å². The van der Waals surface area contributed by atoms with Crippen molar-refractivity contribution in [3.05, 3.63) is 97.4 Å². The van der Waals surface area contributed by atoms with Gasteiger partial charge in [0.05, 0.1) is 13.1 Å². The number of carbonyl (C=O) groups is 1. The maximum Gasteiger partial charge on any atom is 0.322 e. The lowest BCUT2D eigenvalue weighted by atomic mass is 10.1. The third kappa shape index (κ3) is 5.16. The Bertz CT molecular complexity index is 1250. The van der Waals surface area contributed by atoms with Crippen molar-refractivity contribution in [2.24, 2.45) is 0 Å². The maximum atomic E-state index is 13.1. The van der Waals surface area contributed by atoms with Crippen LogP contribution in [0.3, 0.4) is 0 Å². The molecule has 5 nitrogen and oxygen atoms in total. The van der Waals surface area contributed by atoms with E-state index in [4.69, 9.17) is 11.6 Å². The highest BCUT2D eigenvalue weighted by molar-refractivity contribution is 7.09. The smallest absolute Gasteiger partial charge is 0.322 e. The Morgan fingerprint density at radius 1 is 1.10 bits per heavy atom. The summed E-state index contributed by atoms with van der Waals surface area (Å²) < 4.78 is 0. The molecule has 2 aromatic heterocycles. The Kier molecular flexibility index (Phi) is 6.39. The summed E-state index contributed by atoms with van der Waals surface area (Å²) >= 11 is 7.51. The first kappa shape index (κ1) is 21.2. The monoisotopic (exact) mass is 451 g/mol. The first-order valence-electron chi connectivity index (χ1n) is 10.0. The first-order valence-corrected chi connectivity index (χ1v) is 11.3. The SMILES string of the molecule is CCc1ccc2[nH]c(=O)c(CN(Cc3cccs3)C(=O)Nc3ccc(Cl)cc3)cc2c1. The number of halogens is 1. The molecule has 0 fully saturated rings. The summed E-state index contributed by atoms with van der Waals surface area (Å²) in [4.78, 5) is 31.4. The van der Waals surface area contributed by atoms with Crippen LogP contribution in [0.4, 0.5) is 10.5 Å². The molecular formula is C24H22ClN3O2S. The predicted octanol–water partition coefficient (Wildman–Crippen LogP) is 6.04. The number of urea groups is 1. The number of rotatable bonds is 6. The molecule has 31 heavy (non-hydrogen) atoms. The molecule has 7 heteroatoms. The van der Waals surface area contributed by atoms with Crippen LogP contribution in [0.15, 0.2) is 70.8 Å². The number of amides is 2. The van der Waals surface area contributed by atoms with E-state index in [-0.39, 0.29) is 18.1 Å². The average molecular weight is 452 g/mol. The molecule has 0 saturated carbocycles. The average Bonchev–Trinajstić information content (AvgIpc) is 3.28. The second-order valence-corrected chi connectivity index (χ2v) is 8.74. The maximum absolute atomic E-state index is 13.1. The van der Waals surface area contributed by atoms with E-state index in [1.807, 2.05) is 35.7 Å². The number of aromatic nitrogens is 1. The van der Waals surface area contributed by atoms with Crippen molar-refractivity contribution in [2.75, 3.05) is 5.32 Å². The molecule has 4 aromatic rings. The molecule has 0 aliphatic heterocycles. The van der Waals surface area contributed by atoms with Crippen LogP contribution in [0.1, 0.15) is 22.9 Å². The molecule has 0 unspecified atom stereocenters. The quantitative estimate of drug-likeness (QED) is 0.375. The van der Waals surface area contributed by atoms with Crippen molar-refractivity contribution in [3.63, 3.8) is 0 Å². The number of H-pyrrole nitrogens is 1. The minimum atomic E-state index is -0.280. The largest absolute Gasteiger partial charge is 0.322 e. The van der Waals surface area contributed by atoms with Gasteiger partial charge in [-0.2, -0.15) is 0 Å². The Morgan fingerprint density at radius 3 is 2.61 bits per heavy atom. The number of nitrogens with zero attached hydrogens (tertiary/aromatic N) is 1. The van der Waals surface area contributed by atoms with Gasteiger partial charge in [-0.15, -0.1) is 11.3 Å². The van der Waals surface area contributed by atoms with Crippen LogP contribution in [0, 0.1) is 0 Å². The minimum absolute atomic E-state index is 0.188. The second-order valence-electron chi connectivity index (χ2n) is 7.27. The predicted molar refractivity (Wildman–Crippen MR) is 128 cm³/mol. The minimum Gasteiger partial charge on any atom is -0.322 e. The summed E-state index contributed by atoms with van der Waals surface area (Å²) in [6.45, 7) is 2.69. The van der Waals surface area contributed by atoms with Gasteiger partial charge in [0, 0.05) is 26.7 Å². The zero-order chi connectivity index (χ0) is 21.8. The van der Waals surface area contributed by atoms with E-state index in [2.05, 4.69) is 23.3 Å². The van der Waals surface area contributed by atoms with Gasteiger partial charge in [-0.05, 0) is 71.3 Å². The standard InChI is InChI=1S/C24H22ClN3O2S/c1-2-16-5-10-22-17(12-16)13-18(23(29)27-22)14-28(15-21-4-3-11-31-21)24(30)26-20-8-6-19(25)7-9-20/h3-13H,2,14-15H2,1H3,(H,26,30)(H,27,29). The topological polar surface area (TPSA) is 65.2 Å². The molecule has 0 spiro atoms. The number of nitrogens with one attached hydrogen (secondary N) is 2. The number of aromatic amines is 1. The van der Waals surface area contributed by atoms with Gasteiger partial charge in [0.2, 0.25) is 0 Å². The molecule has 158 valence electrons. The third-order valence-corrected chi connectivity index (χ3v) is 6.18. The lowest BCUT2D eigenvalue weighted by Gasteiger charge is -2.22. The van der Waals surface area contributed by atoms with Gasteiger partial charge in [0.1, 0.15) is 0 Å². The Morgan fingerprint density at radius 2 is 1.90 bits per heavy atom. The molecule has 2 heterocycles. The normalized spacial score (nSPS) is 10.9. The Balaban J connectivity index is 1.63. The van der Waals surface area contributed by atoms with Crippen molar-refractivity contribution >= 4 is 45.6 Å². The Hall–Kier alpha value is -3.09. The number of aryl methyl sites for hydroxylation is 1. The molecule has 2 aromatic carbocycles. The number of anilines is 1. The zero-order valence-electron chi connectivity index (χ0n) is 17.0. The van der Waals surface area contributed by atoms with Crippen LogP contribution in [0.2, 0.25) is 5.02 Å². The van der Waals surface area contributed by atoms with Crippen LogP contribution < -0.4 is 10.9 Å². The highest BCUT2D eigenvalue weighted by atomic mass is 35.5. The van der Waals surface area contributed by atoms with Gasteiger partial charge >= 0.3 is 6.03 Å². The summed E-state index contributed by atoms with van der Waals surface area (Å²) in [7, 11) is 0. The summed E-state index contributed by atoms with van der Waals surface area (Å²) in [5, 5.41) is 6.43. The van der Waals surface area contributed by atoms with Crippen molar-refractivity contribution in [1.29, 1.82) is 0 Å². The molecule has 0 aliphatic rings. The molecular weight excluding hydrogens is 430 g/mol. The highest BCUT2D eigenvalue weighted by Gasteiger charge is 2.18. The third-order valence-electron chi connectivity index (χ3n) is 5.06. The van der Waals surface area contributed by atoms with E-state index in [1.54, 1.807) is 40.5 Å². The number of hydrogen-bond acceptors (Lipinski definition) is 3. The molecule has 0 aliphatic carbocycles. The summed E-state index contributed by atoms with van der Waals surface area (Å²) in [6, 6.07) is 18.5. The van der Waals surface area contributed by atoms with Gasteiger partial charge in [-0.1, -0.05) is 30.7 Å². The number of hydrogen-bond donors (Lipinski definition) is 2. The molecule has 0 radical (unpaired) electrons. The van der Waals surface area contributed by atoms with E-state index in [1.165, 1.54) is 5.56 Å². The van der Waals surface area contributed by atoms with Gasteiger partial charge in [0.25, 0.3) is 5.56 Å². The van der Waals surface area contributed by atoms with E-state index in [9.17, 15) is 9.59 Å². The second kappa shape index (κ2) is 9.37. The van der Waals surface area contributed by atoms with Crippen LogP contribution in [-0.4, -0.2) is 15.9 Å². The fourth-order valence-electron chi connectivity index (χ4n) is 3.37. The Labute approximate surface area is 189 Å². The van der Waals surface area contributed by atoms with E-state index >= 15 is 0 Å². The van der Waals surface area contributed by atoms with Crippen LogP contribution in [0.5, 0.6) is 0 Å². The summed E-state index contributed by atoms with van der Waals surface area (Å²) in [5.41, 5.74) is 2.99. The molecule has 4 rings (SSSR count). The van der Waals surface area contributed by atoms with Crippen LogP contribution in [0.25, 0.3) is 10.9 Å². The number of thiophene rings is 1. The number of carbonyl (C=O) groups excluding carboxylic acids is 1. The lowest BCUT2D eigenvalue weighted by molar-refractivity contribution is 0.207.